The van der Waals surface area contributed by atoms with Crippen molar-refractivity contribution in [2.75, 3.05) is 39.6 Å². The standard InChI is InChI=1S/C14H21NO4/c16-5-7-17-6-1-4-15-11-12-2-3-13-14(10-12)19-9-8-18-13/h2-3,10,15-16H,1,4-9,11H2. The second-order valence-electron chi connectivity index (χ2n) is 4.34. The number of nitrogens with one attached hydrogen (secondary N) is 1. The lowest BCUT2D eigenvalue weighted by Gasteiger charge is -2.19. The van der Waals surface area contributed by atoms with E-state index in [-0.39, 0.29) is 6.61 Å². The summed E-state index contributed by atoms with van der Waals surface area (Å²) in [6.45, 7) is 4.11. The molecule has 1 aliphatic rings. The number of benzene rings is 1. The lowest BCUT2D eigenvalue weighted by Crippen LogP contribution is -2.18. The van der Waals surface area contributed by atoms with Crippen LogP contribution in [0.25, 0.3) is 0 Å². The van der Waals surface area contributed by atoms with E-state index >= 15 is 0 Å². The van der Waals surface area contributed by atoms with Crippen molar-refractivity contribution in [2.24, 2.45) is 0 Å². The number of hydrogen-bond donors (Lipinski definition) is 2. The van der Waals surface area contributed by atoms with Crippen LogP contribution in [0.15, 0.2) is 18.2 Å². The average molecular weight is 267 g/mol. The SMILES string of the molecule is OCCOCCCNCc1ccc2c(c1)OCCO2. The Bertz CT molecular complexity index is 384. The molecule has 0 aromatic heterocycles. The quantitative estimate of drug-likeness (QED) is 0.687. The number of hydrogen-bond acceptors (Lipinski definition) is 5. The zero-order valence-corrected chi connectivity index (χ0v) is 11.1. The number of fused-ring (bicyclic) bond motifs is 1. The molecule has 0 aliphatic carbocycles. The first kappa shape index (κ1) is 14.1. The first-order chi connectivity index (χ1) is 9.40. The molecule has 0 atom stereocenters. The zero-order valence-electron chi connectivity index (χ0n) is 11.1. The topological polar surface area (TPSA) is 60.0 Å². The van der Waals surface area contributed by atoms with Crippen molar-refractivity contribution in [3.05, 3.63) is 23.8 Å². The molecule has 1 aliphatic heterocycles. The van der Waals surface area contributed by atoms with E-state index in [2.05, 4.69) is 5.32 Å². The maximum Gasteiger partial charge on any atom is 0.161 e. The lowest BCUT2D eigenvalue weighted by molar-refractivity contribution is 0.0907. The van der Waals surface area contributed by atoms with Crippen LogP contribution in [-0.2, 0) is 11.3 Å². The first-order valence-corrected chi connectivity index (χ1v) is 6.68. The Morgan fingerprint density at radius 2 is 2.00 bits per heavy atom. The highest BCUT2D eigenvalue weighted by atomic mass is 16.6. The fourth-order valence-corrected chi connectivity index (χ4v) is 1.90. The minimum absolute atomic E-state index is 0.0879. The van der Waals surface area contributed by atoms with E-state index in [1.807, 2.05) is 18.2 Å². The Hall–Kier alpha value is -1.30. The summed E-state index contributed by atoms with van der Waals surface area (Å²) < 4.78 is 16.2. The van der Waals surface area contributed by atoms with Crippen molar-refractivity contribution in [2.45, 2.75) is 13.0 Å². The Kier molecular flexibility index (Phi) is 5.94. The third-order valence-corrected chi connectivity index (χ3v) is 2.81. The van der Waals surface area contributed by atoms with Gasteiger partial charge in [0, 0.05) is 13.2 Å². The van der Waals surface area contributed by atoms with Crippen LogP contribution in [0.4, 0.5) is 0 Å². The van der Waals surface area contributed by atoms with Gasteiger partial charge in [0.1, 0.15) is 13.2 Å². The molecule has 5 nitrogen and oxygen atoms in total. The van der Waals surface area contributed by atoms with Gasteiger partial charge < -0.3 is 24.6 Å². The van der Waals surface area contributed by atoms with Gasteiger partial charge in [0.2, 0.25) is 0 Å². The summed E-state index contributed by atoms with van der Waals surface area (Å²) in [6, 6.07) is 6.02. The van der Waals surface area contributed by atoms with Crippen LogP contribution in [0.5, 0.6) is 11.5 Å². The molecular formula is C14H21NO4. The van der Waals surface area contributed by atoms with Gasteiger partial charge in [-0.15, -0.1) is 0 Å². The molecule has 0 amide bonds. The highest BCUT2D eigenvalue weighted by molar-refractivity contribution is 5.43. The van der Waals surface area contributed by atoms with E-state index in [1.54, 1.807) is 0 Å². The molecule has 0 unspecified atom stereocenters. The van der Waals surface area contributed by atoms with Crippen molar-refractivity contribution < 1.29 is 19.3 Å². The second kappa shape index (κ2) is 7.99. The number of aliphatic hydroxyl groups is 1. The summed E-state index contributed by atoms with van der Waals surface area (Å²) in [5, 5.41) is 11.9. The lowest BCUT2D eigenvalue weighted by atomic mass is 10.2. The minimum Gasteiger partial charge on any atom is -0.486 e. The molecule has 19 heavy (non-hydrogen) atoms. The monoisotopic (exact) mass is 267 g/mol. The fraction of sp³-hybridized carbons (Fsp3) is 0.571. The average Bonchev–Trinajstić information content (AvgIpc) is 2.46. The van der Waals surface area contributed by atoms with Crippen LogP contribution in [0.2, 0.25) is 0 Å². The van der Waals surface area contributed by atoms with E-state index in [4.69, 9.17) is 19.3 Å². The van der Waals surface area contributed by atoms with E-state index in [9.17, 15) is 0 Å². The van der Waals surface area contributed by atoms with Crippen molar-refractivity contribution in [3.8, 4) is 11.5 Å². The fourth-order valence-electron chi connectivity index (χ4n) is 1.90. The predicted octanol–water partition coefficient (Wildman–Crippen LogP) is 0.946. The summed E-state index contributed by atoms with van der Waals surface area (Å²) in [5.74, 6) is 1.66. The molecule has 106 valence electrons. The third-order valence-electron chi connectivity index (χ3n) is 2.81. The maximum absolute atomic E-state index is 8.55. The molecule has 0 radical (unpaired) electrons. The van der Waals surface area contributed by atoms with Crippen LogP contribution < -0.4 is 14.8 Å². The van der Waals surface area contributed by atoms with E-state index in [0.717, 1.165) is 31.0 Å². The highest BCUT2D eigenvalue weighted by Gasteiger charge is 2.11. The van der Waals surface area contributed by atoms with Gasteiger partial charge in [-0.1, -0.05) is 6.07 Å². The molecule has 5 heteroatoms. The Morgan fingerprint density at radius 1 is 1.16 bits per heavy atom. The molecule has 0 saturated carbocycles. The summed E-state index contributed by atoms with van der Waals surface area (Å²) in [6.07, 6.45) is 0.935. The number of aliphatic hydroxyl groups excluding tert-OH is 1. The van der Waals surface area contributed by atoms with Crippen LogP contribution in [0.1, 0.15) is 12.0 Å². The number of rotatable bonds is 8. The summed E-state index contributed by atoms with van der Waals surface area (Å²) in [5.41, 5.74) is 1.18. The molecule has 1 aromatic rings. The van der Waals surface area contributed by atoms with Crippen molar-refractivity contribution >= 4 is 0 Å². The second-order valence-corrected chi connectivity index (χ2v) is 4.34. The van der Waals surface area contributed by atoms with Crippen LogP contribution >= 0.6 is 0 Å². The molecule has 0 spiro atoms. The maximum atomic E-state index is 8.55. The summed E-state index contributed by atoms with van der Waals surface area (Å²) in [4.78, 5) is 0. The Morgan fingerprint density at radius 3 is 2.84 bits per heavy atom. The van der Waals surface area contributed by atoms with Crippen LogP contribution in [0, 0.1) is 0 Å². The van der Waals surface area contributed by atoms with Gasteiger partial charge in [0.15, 0.2) is 11.5 Å². The van der Waals surface area contributed by atoms with Gasteiger partial charge in [0.05, 0.1) is 13.2 Å². The molecular weight excluding hydrogens is 246 g/mol. The van der Waals surface area contributed by atoms with Crippen LogP contribution in [-0.4, -0.2) is 44.7 Å². The van der Waals surface area contributed by atoms with Crippen molar-refractivity contribution in [1.82, 2.24) is 5.32 Å². The highest BCUT2D eigenvalue weighted by Crippen LogP contribution is 2.30. The Labute approximate surface area is 113 Å². The molecule has 0 saturated heterocycles. The normalized spacial score (nSPS) is 13.5. The first-order valence-electron chi connectivity index (χ1n) is 6.68. The molecule has 0 bridgehead atoms. The van der Waals surface area contributed by atoms with E-state index in [0.29, 0.717) is 26.4 Å². The van der Waals surface area contributed by atoms with Crippen LogP contribution in [0.3, 0.4) is 0 Å². The van der Waals surface area contributed by atoms with Crippen molar-refractivity contribution in [1.29, 1.82) is 0 Å². The zero-order chi connectivity index (χ0) is 13.3. The van der Waals surface area contributed by atoms with Crippen molar-refractivity contribution in [3.63, 3.8) is 0 Å². The van der Waals surface area contributed by atoms with Gasteiger partial charge in [0.25, 0.3) is 0 Å². The molecule has 2 rings (SSSR count). The van der Waals surface area contributed by atoms with Gasteiger partial charge in [-0.25, -0.2) is 0 Å². The Balaban J connectivity index is 1.66. The third kappa shape index (κ3) is 4.70. The van der Waals surface area contributed by atoms with Gasteiger partial charge >= 0.3 is 0 Å². The van der Waals surface area contributed by atoms with Gasteiger partial charge in [-0.3, -0.25) is 0 Å². The molecule has 2 N–H and O–H groups in total. The molecule has 1 aromatic carbocycles. The van der Waals surface area contributed by atoms with E-state index < -0.39 is 0 Å². The smallest absolute Gasteiger partial charge is 0.161 e. The summed E-state index contributed by atoms with van der Waals surface area (Å²) in [7, 11) is 0. The molecule has 1 heterocycles. The van der Waals surface area contributed by atoms with Gasteiger partial charge in [-0.05, 0) is 30.7 Å². The van der Waals surface area contributed by atoms with E-state index in [1.165, 1.54) is 5.56 Å². The summed E-state index contributed by atoms with van der Waals surface area (Å²) >= 11 is 0. The minimum atomic E-state index is 0.0879. The largest absolute Gasteiger partial charge is 0.486 e. The molecule has 0 fully saturated rings. The predicted molar refractivity (Wildman–Crippen MR) is 71.7 cm³/mol. The number of ether oxygens (including phenoxy) is 3. The van der Waals surface area contributed by atoms with Gasteiger partial charge in [-0.2, -0.15) is 0 Å².